The molecule has 11 heavy (non-hydrogen) atoms. The van der Waals surface area contributed by atoms with Gasteiger partial charge in [0.2, 0.25) is 0 Å². The van der Waals surface area contributed by atoms with Crippen LogP contribution >= 0.6 is 0 Å². The van der Waals surface area contributed by atoms with E-state index in [4.69, 9.17) is 5.11 Å². The summed E-state index contributed by atoms with van der Waals surface area (Å²) in [6.07, 6.45) is 0.477. The van der Waals surface area contributed by atoms with E-state index in [-0.39, 0.29) is 11.2 Å². The standard InChI is InChI=1S/C8H12O3/c1-5(9)8(6(10)11)4-7(8,2)3/h4H2,1-3H3,(H,10,11). The molecular formula is C8H12O3. The molecule has 1 aliphatic rings. The predicted molar refractivity (Wildman–Crippen MR) is 39.1 cm³/mol. The van der Waals surface area contributed by atoms with Crippen LogP contribution < -0.4 is 0 Å². The first-order valence-electron chi connectivity index (χ1n) is 3.59. The molecule has 1 saturated carbocycles. The summed E-state index contributed by atoms with van der Waals surface area (Å²) >= 11 is 0. The first-order valence-corrected chi connectivity index (χ1v) is 3.59. The molecule has 0 heterocycles. The Morgan fingerprint density at radius 3 is 1.73 bits per heavy atom. The van der Waals surface area contributed by atoms with Gasteiger partial charge in [-0.1, -0.05) is 13.8 Å². The average Bonchev–Trinajstić information content (AvgIpc) is 2.35. The summed E-state index contributed by atoms with van der Waals surface area (Å²) in [6, 6.07) is 0. The Balaban J connectivity index is 2.98. The van der Waals surface area contributed by atoms with E-state index < -0.39 is 11.4 Å². The molecule has 0 aromatic carbocycles. The SMILES string of the molecule is CC(=O)C1(C(=O)O)CC1(C)C. The number of rotatable bonds is 2. The fourth-order valence-electron chi connectivity index (χ4n) is 1.74. The highest BCUT2D eigenvalue weighted by Crippen LogP contribution is 2.63. The Morgan fingerprint density at radius 1 is 1.36 bits per heavy atom. The number of ketones is 1. The third-order valence-corrected chi connectivity index (χ3v) is 2.70. The van der Waals surface area contributed by atoms with Crippen molar-refractivity contribution in [3.05, 3.63) is 0 Å². The number of Topliss-reactive ketones (excluding diaryl/α,β-unsaturated/α-hetero) is 1. The van der Waals surface area contributed by atoms with Crippen molar-refractivity contribution in [2.75, 3.05) is 0 Å². The number of carbonyl (C=O) groups excluding carboxylic acids is 1. The van der Waals surface area contributed by atoms with Gasteiger partial charge in [0, 0.05) is 0 Å². The summed E-state index contributed by atoms with van der Waals surface area (Å²) in [4.78, 5) is 21.7. The molecule has 0 aliphatic heterocycles. The molecule has 1 N–H and O–H groups in total. The lowest BCUT2D eigenvalue weighted by Crippen LogP contribution is -2.28. The summed E-state index contributed by atoms with van der Waals surface area (Å²) in [6.45, 7) is 4.97. The normalized spacial score (nSPS) is 33.0. The van der Waals surface area contributed by atoms with Crippen LogP contribution in [0.4, 0.5) is 0 Å². The molecule has 3 nitrogen and oxygen atoms in total. The number of hydrogen-bond donors (Lipinski definition) is 1. The molecule has 1 aliphatic carbocycles. The van der Waals surface area contributed by atoms with Crippen molar-refractivity contribution in [1.29, 1.82) is 0 Å². The van der Waals surface area contributed by atoms with Crippen LogP contribution in [0.5, 0.6) is 0 Å². The van der Waals surface area contributed by atoms with E-state index >= 15 is 0 Å². The van der Waals surface area contributed by atoms with Gasteiger partial charge in [-0.2, -0.15) is 0 Å². The van der Waals surface area contributed by atoms with Crippen molar-refractivity contribution < 1.29 is 14.7 Å². The van der Waals surface area contributed by atoms with Gasteiger partial charge in [0.05, 0.1) is 0 Å². The van der Waals surface area contributed by atoms with E-state index in [0.29, 0.717) is 6.42 Å². The quantitative estimate of drug-likeness (QED) is 0.608. The van der Waals surface area contributed by atoms with Crippen LogP contribution in [-0.4, -0.2) is 16.9 Å². The zero-order chi connectivity index (χ0) is 8.86. The molecule has 1 fully saturated rings. The van der Waals surface area contributed by atoms with Crippen LogP contribution in [0.1, 0.15) is 27.2 Å². The highest BCUT2D eigenvalue weighted by molar-refractivity contribution is 6.06. The number of carboxylic acids is 1. The van der Waals surface area contributed by atoms with Crippen LogP contribution in [0, 0.1) is 10.8 Å². The van der Waals surface area contributed by atoms with E-state index in [1.54, 1.807) is 0 Å². The first kappa shape index (κ1) is 8.24. The van der Waals surface area contributed by atoms with E-state index in [1.807, 2.05) is 13.8 Å². The number of carbonyl (C=O) groups is 2. The van der Waals surface area contributed by atoms with Crippen LogP contribution in [0.2, 0.25) is 0 Å². The Kier molecular flexibility index (Phi) is 1.38. The van der Waals surface area contributed by atoms with Gasteiger partial charge in [-0.25, -0.2) is 0 Å². The van der Waals surface area contributed by atoms with E-state index in [9.17, 15) is 9.59 Å². The van der Waals surface area contributed by atoms with Crippen LogP contribution in [0.15, 0.2) is 0 Å². The van der Waals surface area contributed by atoms with Gasteiger partial charge in [-0.05, 0) is 18.8 Å². The number of aliphatic carboxylic acids is 1. The predicted octanol–water partition coefficient (Wildman–Crippen LogP) is 1.08. The molecule has 62 valence electrons. The lowest BCUT2D eigenvalue weighted by Gasteiger charge is -2.10. The zero-order valence-electron chi connectivity index (χ0n) is 6.97. The molecule has 0 aromatic heterocycles. The van der Waals surface area contributed by atoms with Gasteiger partial charge in [0.1, 0.15) is 11.2 Å². The molecule has 0 bridgehead atoms. The fraction of sp³-hybridized carbons (Fsp3) is 0.750. The third-order valence-electron chi connectivity index (χ3n) is 2.70. The molecular weight excluding hydrogens is 144 g/mol. The second-order valence-electron chi connectivity index (χ2n) is 3.83. The third kappa shape index (κ3) is 0.800. The summed E-state index contributed by atoms with van der Waals surface area (Å²) in [5, 5.41) is 8.79. The van der Waals surface area contributed by atoms with E-state index in [2.05, 4.69) is 0 Å². The Hall–Kier alpha value is -0.860. The first-order chi connectivity index (χ1) is 4.84. The average molecular weight is 156 g/mol. The van der Waals surface area contributed by atoms with Crippen molar-refractivity contribution in [2.24, 2.45) is 10.8 Å². The highest BCUT2D eigenvalue weighted by Gasteiger charge is 2.70. The largest absolute Gasteiger partial charge is 0.480 e. The maximum Gasteiger partial charge on any atom is 0.317 e. The van der Waals surface area contributed by atoms with Gasteiger partial charge < -0.3 is 5.11 Å². The van der Waals surface area contributed by atoms with Crippen molar-refractivity contribution in [3.8, 4) is 0 Å². The Bertz CT molecular complexity index is 213. The molecule has 3 heteroatoms. The summed E-state index contributed by atoms with van der Waals surface area (Å²) in [5.41, 5.74) is -1.42. The van der Waals surface area contributed by atoms with Crippen LogP contribution in [-0.2, 0) is 9.59 Å². The highest BCUT2D eigenvalue weighted by atomic mass is 16.4. The summed E-state index contributed by atoms with van der Waals surface area (Å²) in [5.74, 6) is -1.20. The van der Waals surface area contributed by atoms with Gasteiger partial charge in [0.25, 0.3) is 0 Å². The maximum absolute atomic E-state index is 11.0. The molecule has 0 saturated heterocycles. The lowest BCUT2D eigenvalue weighted by atomic mass is 9.92. The van der Waals surface area contributed by atoms with Crippen LogP contribution in [0.3, 0.4) is 0 Å². The van der Waals surface area contributed by atoms with Gasteiger partial charge >= 0.3 is 5.97 Å². The van der Waals surface area contributed by atoms with Crippen LogP contribution in [0.25, 0.3) is 0 Å². The molecule has 0 amide bonds. The van der Waals surface area contributed by atoms with E-state index in [0.717, 1.165) is 0 Å². The van der Waals surface area contributed by atoms with Crippen molar-refractivity contribution in [1.82, 2.24) is 0 Å². The molecule has 0 radical (unpaired) electrons. The molecule has 1 atom stereocenters. The minimum atomic E-state index is -1.08. The minimum Gasteiger partial charge on any atom is -0.480 e. The van der Waals surface area contributed by atoms with Crippen molar-refractivity contribution in [3.63, 3.8) is 0 Å². The minimum absolute atomic E-state index is 0.227. The van der Waals surface area contributed by atoms with Gasteiger partial charge in [-0.3, -0.25) is 9.59 Å². The zero-order valence-corrected chi connectivity index (χ0v) is 6.97. The summed E-state index contributed by atoms with van der Waals surface area (Å²) < 4.78 is 0. The van der Waals surface area contributed by atoms with Crippen molar-refractivity contribution in [2.45, 2.75) is 27.2 Å². The second kappa shape index (κ2) is 1.84. The molecule has 0 aromatic rings. The Morgan fingerprint density at radius 2 is 1.73 bits per heavy atom. The lowest BCUT2D eigenvalue weighted by molar-refractivity contribution is -0.149. The Labute approximate surface area is 65.4 Å². The smallest absolute Gasteiger partial charge is 0.317 e. The number of hydrogen-bond acceptors (Lipinski definition) is 2. The summed E-state index contributed by atoms with van der Waals surface area (Å²) in [7, 11) is 0. The fourth-order valence-corrected chi connectivity index (χ4v) is 1.74. The monoisotopic (exact) mass is 156 g/mol. The topological polar surface area (TPSA) is 54.4 Å². The molecule has 1 unspecified atom stereocenters. The van der Waals surface area contributed by atoms with Crippen molar-refractivity contribution >= 4 is 11.8 Å². The van der Waals surface area contributed by atoms with Gasteiger partial charge in [-0.15, -0.1) is 0 Å². The second-order valence-corrected chi connectivity index (χ2v) is 3.83. The maximum atomic E-state index is 11.0. The molecule has 1 rings (SSSR count). The number of carboxylic acid groups (broad SMARTS) is 1. The van der Waals surface area contributed by atoms with E-state index in [1.165, 1.54) is 6.92 Å². The van der Waals surface area contributed by atoms with Gasteiger partial charge in [0.15, 0.2) is 0 Å². The molecule has 0 spiro atoms.